The highest BCUT2D eigenvalue weighted by molar-refractivity contribution is 5.78. The molecular weight excluding hydrogens is 342 g/mol. The quantitative estimate of drug-likeness (QED) is 0.769. The van der Waals surface area contributed by atoms with Gasteiger partial charge in [-0.25, -0.2) is 0 Å². The molecule has 0 aliphatic heterocycles. The number of hydrogen-bond donors (Lipinski definition) is 1. The van der Waals surface area contributed by atoms with Crippen LogP contribution in [0.15, 0.2) is 18.2 Å². The fourth-order valence-electron chi connectivity index (χ4n) is 3.71. The molecule has 1 N–H and O–H groups in total. The van der Waals surface area contributed by atoms with Crippen molar-refractivity contribution in [2.75, 3.05) is 20.3 Å². The predicted octanol–water partition coefficient (Wildman–Crippen LogP) is 3.77. The average Bonchev–Trinajstić information content (AvgIpc) is 2.64. The van der Waals surface area contributed by atoms with Crippen molar-refractivity contribution >= 4 is 11.9 Å². The lowest BCUT2D eigenvalue weighted by atomic mass is 9.79. The number of nitrogens with one attached hydrogen (secondary N) is 1. The summed E-state index contributed by atoms with van der Waals surface area (Å²) in [5.41, 5.74) is 2.20. The average molecular weight is 376 g/mol. The number of amides is 1. The number of rotatable bonds is 6. The summed E-state index contributed by atoms with van der Waals surface area (Å²) in [5.74, 6) is 0.437. The van der Waals surface area contributed by atoms with Crippen molar-refractivity contribution in [1.82, 2.24) is 5.32 Å². The number of benzene rings is 1. The Kier molecular flexibility index (Phi) is 7.28. The van der Waals surface area contributed by atoms with Crippen molar-refractivity contribution in [3.05, 3.63) is 29.3 Å². The van der Waals surface area contributed by atoms with Crippen LogP contribution in [0.4, 0.5) is 0 Å². The van der Waals surface area contributed by atoms with E-state index in [1.54, 1.807) is 0 Å². The maximum absolute atomic E-state index is 12.3. The molecule has 2 unspecified atom stereocenters. The van der Waals surface area contributed by atoms with Gasteiger partial charge in [0.05, 0.1) is 13.0 Å². The van der Waals surface area contributed by atoms with Crippen LogP contribution in [0.3, 0.4) is 0 Å². The minimum atomic E-state index is -0.167. The fraction of sp³-hybridized carbons (Fsp3) is 0.636. The van der Waals surface area contributed by atoms with E-state index in [0.717, 1.165) is 37.0 Å². The Hall–Kier alpha value is -2.04. The molecule has 1 amide bonds. The topological polar surface area (TPSA) is 64.6 Å². The second-order valence-electron chi connectivity index (χ2n) is 8.52. The van der Waals surface area contributed by atoms with Crippen LogP contribution in [0, 0.1) is 18.8 Å². The molecule has 0 heterocycles. The summed E-state index contributed by atoms with van der Waals surface area (Å²) < 4.78 is 10.7. The SMILES string of the molecule is COC(=O)C1CCCCC1CNC(=O)COc1ccc(C)cc1C(C)(C)C. The summed E-state index contributed by atoms with van der Waals surface area (Å²) in [4.78, 5) is 24.2. The highest BCUT2D eigenvalue weighted by Gasteiger charge is 2.31. The van der Waals surface area contributed by atoms with E-state index in [1.807, 2.05) is 19.1 Å². The lowest BCUT2D eigenvalue weighted by Crippen LogP contribution is -2.39. The first-order chi connectivity index (χ1) is 12.7. The summed E-state index contributed by atoms with van der Waals surface area (Å²) in [5, 5.41) is 2.93. The summed E-state index contributed by atoms with van der Waals surface area (Å²) >= 11 is 0. The fourth-order valence-corrected chi connectivity index (χ4v) is 3.71. The van der Waals surface area contributed by atoms with Gasteiger partial charge < -0.3 is 14.8 Å². The van der Waals surface area contributed by atoms with E-state index >= 15 is 0 Å². The first kappa shape index (κ1) is 21.3. The largest absolute Gasteiger partial charge is 0.483 e. The van der Waals surface area contributed by atoms with Crippen molar-refractivity contribution in [3.63, 3.8) is 0 Å². The smallest absolute Gasteiger partial charge is 0.309 e. The number of esters is 1. The number of carbonyl (C=O) groups is 2. The molecule has 5 heteroatoms. The van der Waals surface area contributed by atoms with E-state index in [1.165, 1.54) is 12.7 Å². The zero-order valence-corrected chi connectivity index (χ0v) is 17.3. The highest BCUT2D eigenvalue weighted by atomic mass is 16.5. The Morgan fingerprint density at radius 3 is 2.56 bits per heavy atom. The van der Waals surface area contributed by atoms with Gasteiger partial charge >= 0.3 is 5.97 Å². The lowest BCUT2D eigenvalue weighted by Gasteiger charge is -2.29. The van der Waals surface area contributed by atoms with E-state index in [4.69, 9.17) is 9.47 Å². The summed E-state index contributed by atoms with van der Waals surface area (Å²) in [6.07, 6.45) is 3.90. The van der Waals surface area contributed by atoms with Crippen LogP contribution in [0.1, 0.15) is 57.6 Å². The lowest BCUT2D eigenvalue weighted by molar-refractivity contribution is -0.148. The second kappa shape index (κ2) is 9.25. The van der Waals surface area contributed by atoms with Gasteiger partial charge in [-0.05, 0) is 42.7 Å². The Labute approximate surface area is 162 Å². The van der Waals surface area contributed by atoms with Gasteiger partial charge in [-0.2, -0.15) is 0 Å². The molecule has 150 valence electrons. The van der Waals surface area contributed by atoms with Crippen molar-refractivity contribution in [3.8, 4) is 5.75 Å². The van der Waals surface area contributed by atoms with Gasteiger partial charge in [0.15, 0.2) is 6.61 Å². The van der Waals surface area contributed by atoms with E-state index in [2.05, 4.69) is 32.2 Å². The van der Waals surface area contributed by atoms with Gasteiger partial charge in [0.1, 0.15) is 5.75 Å². The number of carbonyl (C=O) groups excluding carboxylic acids is 2. The number of aryl methyl sites for hydroxylation is 1. The van der Waals surface area contributed by atoms with Crippen LogP contribution in [-0.2, 0) is 19.7 Å². The van der Waals surface area contributed by atoms with Crippen LogP contribution < -0.4 is 10.1 Å². The molecule has 1 aliphatic carbocycles. The molecule has 1 aliphatic rings. The molecule has 2 rings (SSSR count). The molecule has 0 bridgehead atoms. The molecule has 1 fully saturated rings. The maximum atomic E-state index is 12.3. The van der Waals surface area contributed by atoms with Crippen molar-refractivity contribution < 1.29 is 19.1 Å². The zero-order chi connectivity index (χ0) is 20.0. The van der Waals surface area contributed by atoms with Crippen LogP contribution in [0.2, 0.25) is 0 Å². The number of ether oxygens (including phenoxy) is 2. The summed E-state index contributed by atoms with van der Waals surface area (Å²) in [6.45, 7) is 8.90. The van der Waals surface area contributed by atoms with Gasteiger partial charge in [-0.3, -0.25) is 9.59 Å². The molecule has 5 nitrogen and oxygen atoms in total. The Balaban J connectivity index is 1.90. The zero-order valence-electron chi connectivity index (χ0n) is 17.3. The van der Waals surface area contributed by atoms with Gasteiger partial charge in [0, 0.05) is 6.54 Å². The summed E-state index contributed by atoms with van der Waals surface area (Å²) in [7, 11) is 1.43. The third-order valence-electron chi connectivity index (χ3n) is 5.28. The minimum absolute atomic E-state index is 0.0260. The van der Waals surface area contributed by atoms with Crippen LogP contribution >= 0.6 is 0 Å². The van der Waals surface area contributed by atoms with E-state index in [0.29, 0.717) is 6.54 Å². The van der Waals surface area contributed by atoms with Crippen molar-refractivity contribution in [1.29, 1.82) is 0 Å². The molecule has 1 aromatic carbocycles. The van der Waals surface area contributed by atoms with Crippen LogP contribution in [-0.4, -0.2) is 32.1 Å². The second-order valence-corrected chi connectivity index (χ2v) is 8.52. The van der Waals surface area contributed by atoms with E-state index in [9.17, 15) is 9.59 Å². The van der Waals surface area contributed by atoms with Crippen LogP contribution in [0.25, 0.3) is 0 Å². The van der Waals surface area contributed by atoms with Crippen LogP contribution in [0.5, 0.6) is 5.75 Å². The molecule has 1 aromatic rings. The number of methoxy groups -OCH3 is 1. The highest BCUT2D eigenvalue weighted by Crippen LogP contribution is 2.32. The first-order valence-electron chi connectivity index (χ1n) is 9.81. The Morgan fingerprint density at radius 2 is 1.89 bits per heavy atom. The predicted molar refractivity (Wildman–Crippen MR) is 106 cm³/mol. The Morgan fingerprint density at radius 1 is 1.19 bits per heavy atom. The number of hydrogen-bond acceptors (Lipinski definition) is 4. The maximum Gasteiger partial charge on any atom is 0.309 e. The molecule has 0 aromatic heterocycles. The van der Waals surface area contributed by atoms with Gasteiger partial charge in [0.25, 0.3) is 5.91 Å². The monoisotopic (exact) mass is 375 g/mol. The van der Waals surface area contributed by atoms with Gasteiger partial charge in [-0.15, -0.1) is 0 Å². The van der Waals surface area contributed by atoms with Crippen molar-refractivity contribution in [2.24, 2.45) is 11.8 Å². The molecule has 1 saturated carbocycles. The third kappa shape index (κ3) is 5.98. The molecular formula is C22H33NO4. The first-order valence-corrected chi connectivity index (χ1v) is 9.81. The van der Waals surface area contributed by atoms with Gasteiger partial charge in [-0.1, -0.05) is 51.3 Å². The van der Waals surface area contributed by atoms with Crippen molar-refractivity contribution in [2.45, 2.75) is 58.8 Å². The third-order valence-corrected chi connectivity index (χ3v) is 5.28. The molecule has 27 heavy (non-hydrogen) atoms. The molecule has 0 saturated heterocycles. The molecule has 0 radical (unpaired) electrons. The standard InChI is InChI=1S/C22H33NO4/c1-15-10-11-19(18(12-15)22(2,3)4)27-14-20(24)23-13-16-8-6-7-9-17(16)21(25)26-5/h10-12,16-17H,6-9,13-14H2,1-5H3,(H,23,24). The normalized spacial score (nSPS) is 20.0. The van der Waals surface area contributed by atoms with Gasteiger partial charge in [0.2, 0.25) is 0 Å². The van der Waals surface area contributed by atoms with E-state index < -0.39 is 0 Å². The molecule has 0 spiro atoms. The van der Waals surface area contributed by atoms with E-state index in [-0.39, 0.29) is 35.7 Å². The summed E-state index contributed by atoms with van der Waals surface area (Å²) in [6, 6.07) is 6.03. The minimum Gasteiger partial charge on any atom is -0.483 e. The molecule has 2 atom stereocenters. The Bertz CT molecular complexity index is 663.